The maximum absolute atomic E-state index is 11.7. The summed E-state index contributed by atoms with van der Waals surface area (Å²) < 4.78 is 0. The van der Waals surface area contributed by atoms with Gasteiger partial charge in [0.05, 0.1) is 6.04 Å². The summed E-state index contributed by atoms with van der Waals surface area (Å²) in [5.74, 6) is -0.297. The number of rotatable bonds is 6. The highest BCUT2D eigenvalue weighted by Crippen LogP contribution is 2.22. The topological polar surface area (TPSA) is 98.2 Å². The third kappa shape index (κ3) is 3.83. The summed E-state index contributed by atoms with van der Waals surface area (Å²) in [7, 11) is 0. The highest BCUT2D eigenvalue weighted by Gasteiger charge is 2.13. The molecule has 5 N–H and O–H groups in total. The van der Waals surface area contributed by atoms with Gasteiger partial charge in [0.2, 0.25) is 5.91 Å². The lowest BCUT2D eigenvalue weighted by molar-refractivity contribution is -0.117. The number of carbonyl (C=O) groups is 2. The smallest absolute Gasteiger partial charge is 0.241 e. The van der Waals surface area contributed by atoms with Gasteiger partial charge >= 0.3 is 0 Å². The quantitative estimate of drug-likeness (QED) is 0.524. The van der Waals surface area contributed by atoms with Crippen molar-refractivity contribution in [3.05, 3.63) is 23.8 Å². The molecular weight excluding hydrogens is 250 g/mol. The first-order chi connectivity index (χ1) is 8.62. The molecule has 0 aliphatic carbocycles. The molecule has 0 saturated heterocycles. The van der Waals surface area contributed by atoms with Gasteiger partial charge in [0.1, 0.15) is 0 Å². The van der Waals surface area contributed by atoms with E-state index in [0.717, 1.165) is 11.2 Å². The molecule has 1 amide bonds. The van der Waals surface area contributed by atoms with Gasteiger partial charge in [-0.15, -0.1) is 11.8 Å². The van der Waals surface area contributed by atoms with Crippen LogP contribution in [0.25, 0.3) is 0 Å². The van der Waals surface area contributed by atoms with Gasteiger partial charge in [-0.05, 0) is 37.4 Å². The molecule has 0 saturated carbocycles. The molecule has 0 aromatic heterocycles. The molecule has 0 spiro atoms. The lowest BCUT2D eigenvalue weighted by Gasteiger charge is -2.12. The highest BCUT2D eigenvalue weighted by atomic mass is 32.2. The third-order valence-corrected chi connectivity index (χ3v) is 3.25. The zero-order chi connectivity index (χ0) is 13.5. The molecule has 1 atom stereocenters. The highest BCUT2D eigenvalue weighted by molar-refractivity contribution is 7.98. The molecule has 18 heavy (non-hydrogen) atoms. The van der Waals surface area contributed by atoms with Gasteiger partial charge in [-0.2, -0.15) is 0 Å². The molecule has 98 valence electrons. The van der Waals surface area contributed by atoms with Crippen molar-refractivity contribution in [1.29, 1.82) is 0 Å². The van der Waals surface area contributed by atoms with E-state index in [9.17, 15) is 9.59 Å². The van der Waals surface area contributed by atoms with Crippen LogP contribution in [0.1, 0.15) is 16.8 Å². The zero-order valence-corrected chi connectivity index (χ0v) is 11.0. The molecule has 1 rings (SSSR count). The molecule has 0 bridgehead atoms. The molecule has 0 heterocycles. The monoisotopic (exact) mass is 267 g/mol. The summed E-state index contributed by atoms with van der Waals surface area (Å²) in [4.78, 5) is 23.4. The van der Waals surface area contributed by atoms with E-state index in [0.29, 0.717) is 24.2 Å². The van der Waals surface area contributed by atoms with Gasteiger partial charge in [-0.3, -0.25) is 9.59 Å². The van der Waals surface area contributed by atoms with Gasteiger partial charge in [-0.25, -0.2) is 0 Å². The molecule has 5 nitrogen and oxygen atoms in total. The fourth-order valence-corrected chi connectivity index (χ4v) is 2.00. The molecule has 0 aliphatic rings. The standard InChI is InChI=1S/C12H17N3O2S/c1-18-11-3-2-9(6-8(11)7-16)15-12(17)10(14)4-5-13/h2-3,6-7,10H,4-5,13-14H2,1H3,(H,15,17). The lowest BCUT2D eigenvalue weighted by Crippen LogP contribution is -2.37. The number of carbonyl (C=O) groups excluding carboxylic acids is 2. The van der Waals surface area contributed by atoms with Crippen molar-refractivity contribution in [1.82, 2.24) is 0 Å². The van der Waals surface area contributed by atoms with Crippen LogP contribution in [0.5, 0.6) is 0 Å². The van der Waals surface area contributed by atoms with Crippen LogP contribution in [0.3, 0.4) is 0 Å². The summed E-state index contributed by atoms with van der Waals surface area (Å²) in [6.07, 6.45) is 3.08. The van der Waals surface area contributed by atoms with E-state index in [1.165, 1.54) is 11.8 Å². The van der Waals surface area contributed by atoms with Crippen LogP contribution in [0.15, 0.2) is 23.1 Å². The number of hydrogen-bond acceptors (Lipinski definition) is 5. The van der Waals surface area contributed by atoms with Crippen LogP contribution in [-0.4, -0.2) is 31.0 Å². The number of nitrogens with two attached hydrogens (primary N) is 2. The third-order valence-electron chi connectivity index (χ3n) is 2.44. The van der Waals surface area contributed by atoms with Gasteiger partial charge in [0.25, 0.3) is 0 Å². The Morgan fingerprint density at radius 2 is 2.28 bits per heavy atom. The molecule has 0 fully saturated rings. The zero-order valence-electron chi connectivity index (χ0n) is 10.2. The Kier molecular flexibility index (Phi) is 5.84. The summed E-state index contributed by atoms with van der Waals surface area (Å²) in [6.45, 7) is 0.361. The van der Waals surface area contributed by atoms with Crippen LogP contribution in [0, 0.1) is 0 Å². The second-order valence-corrected chi connectivity index (χ2v) is 4.60. The number of anilines is 1. The molecular formula is C12H17N3O2S. The first-order valence-corrected chi connectivity index (χ1v) is 6.74. The van der Waals surface area contributed by atoms with Crippen LogP contribution in [-0.2, 0) is 4.79 Å². The summed E-state index contributed by atoms with van der Waals surface area (Å²) in [5, 5.41) is 2.66. The van der Waals surface area contributed by atoms with Gasteiger partial charge in [0, 0.05) is 16.1 Å². The SMILES string of the molecule is CSc1ccc(NC(=O)C(N)CCN)cc1C=O. The normalized spacial score (nSPS) is 11.9. The van der Waals surface area contributed by atoms with Crippen LogP contribution in [0.2, 0.25) is 0 Å². The fourth-order valence-electron chi connectivity index (χ4n) is 1.45. The minimum Gasteiger partial charge on any atom is -0.330 e. The van der Waals surface area contributed by atoms with Crippen LogP contribution < -0.4 is 16.8 Å². The first kappa shape index (κ1) is 14.7. The van der Waals surface area contributed by atoms with E-state index in [4.69, 9.17) is 11.5 Å². The predicted molar refractivity (Wildman–Crippen MR) is 73.9 cm³/mol. The van der Waals surface area contributed by atoms with E-state index in [1.807, 2.05) is 6.26 Å². The van der Waals surface area contributed by atoms with E-state index in [-0.39, 0.29) is 5.91 Å². The Bertz CT molecular complexity index is 437. The maximum atomic E-state index is 11.7. The average Bonchev–Trinajstić information content (AvgIpc) is 2.38. The number of aldehydes is 1. The van der Waals surface area contributed by atoms with Crippen molar-refractivity contribution in [2.24, 2.45) is 11.5 Å². The van der Waals surface area contributed by atoms with Gasteiger partial charge < -0.3 is 16.8 Å². The van der Waals surface area contributed by atoms with Crippen molar-refractivity contribution < 1.29 is 9.59 Å². The molecule has 1 aromatic carbocycles. The second-order valence-electron chi connectivity index (χ2n) is 3.75. The minimum atomic E-state index is -0.630. The summed E-state index contributed by atoms with van der Waals surface area (Å²) >= 11 is 1.48. The van der Waals surface area contributed by atoms with Crippen molar-refractivity contribution in [2.75, 3.05) is 18.1 Å². The van der Waals surface area contributed by atoms with Crippen molar-refractivity contribution in [3.63, 3.8) is 0 Å². The van der Waals surface area contributed by atoms with E-state index < -0.39 is 6.04 Å². The Morgan fingerprint density at radius 1 is 1.56 bits per heavy atom. The largest absolute Gasteiger partial charge is 0.330 e. The Hall–Kier alpha value is -1.37. The minimum absolute atomic E-state index is 0.297. The fraction of sp³-hybridized carbons (Fsp3) is 0.333. The lowest BCUT2D eigenvalue weighted by atomic mass is 10.2. The first-order valence-electron chi connectivity index (χ1n) is 5.52. The van der Waals surface area contributed by atoms with Gasteiger partial charge in [-0.1, -0.05) is 0 Å². The average molecular weight is 267 g/mol. The van der Waals surface area contributed by atoms with Gasteiger partial charge in [0.15, 0.2) is 6.29 Å². The predicted octanol–water partition coefficient (Wildman–Crippen LogP) is 0.836. The summed E-state index contributed by atoms with van der Waals surface area (Å²) in [5.41, 5.74) is 12.1. The molecule has 0 aliphatic heterocycles. The molecule has 1 aromatic rings. The Labute approximate surface area is 110 Å². The molecule has 1 unspecified atom stereocenters. The van der Waals surface area contributed by atoms with E-state index in [1.54, 1.807) is 18.2 Å². The summed E-state index contributed by atoms with van der Waals surface area (Å²) in [6, 6.07) is 4.53. The number of thioether (sulfide) groups is 1. The van der Waals surface area contributed by atoms with E-state index in [2.05, 4.69) is 5.32 Å². The van der Waals surface area contributed by atoms with Crippen LogP contribution >= 0.6 is 11.8 Å². The molecule has 6 heteroatoms. The second kappa shape index (κ2) is 7.15. The van der Waals surface area contributed by atoms with Crippen molar-refractivity contribution in [2.45, 2.75) is 17.4 Å². The number of benzene rings is 1. The van der Waals surface area contributed by atoms with E-state index >= 15 is 0 Å². The molecule has 0 radical (unpaired) electrons. The van der Waals surface area contributed by atoms with Crippen molar-refractivity contribution >= 4 is 29.6 Å². The Morgan fingerprint density at radius 3 is 2.83 bits per heavy atom. The number of hydrogen-bond donors (Lipinski definition) is 3. The van der Waals surface area contributed by atoms with Crippen molar-refractivity contribution in [3.8, 4) is 0 Å². The number of nitrogens with one attached hydrogen (secondary N) is 1. The van der Waals surface area contributed by atoms with Crippen LogP contribution in [0.4, 0.5) is 5.69 Å². The Balaban J connectivity index is 2.79. The maximum Gasteiger partial charge on any atom is 0.241 e. The number of amides is 1.